The molecule has 0 aliphatic carbocycles. The number of ether oxygens (including phenoxy) is 13. The molecule has 3 aromatic rings. The summed E-state index contributed by atoms with van der Waals surface area (Å²) >= 11 is 0. The third-order valence-corrected chi connectivity index (χ3v) is 8.50. The van der Waals surface area contributed by atoms with Crippen molar-refractivity contribution >= 4 is 39.7 Å². The van der Waals surface area contributed by atoms with Gasteiger partial charge in [-0.2, -0.15) is 0 Å². The van der Waals surface area contributed by atoms with Gasteiger partial charge in [0.15, 0.2) is 11.2 Å². The molecule has 0 N–H and O–H groups in total. The zero-order valence-corrected chi connectivity index (χ0v) is 35.8. The van der Waals surface area contributed by atoms with E-state index in [9.17, 15) is 19.2 Å². The average Bonchev–Trinajstić information content (AvgIpc) is 3.88. The number of fused-ring (bicyclic) bond motifs is 2. The van der Waals surface area contributed by atoms with Crippen LogP contribution in [0.2, 0.25) is 0 Å². The number of carbonyl (C=O) groups excluding carboxylic acids is 3. The summed E-state index contributed by atoms with van der Waals surface area (Å²) in [7, 11) is 0. The Morgan fingerprint density at radius 2 is 0.825 bits per heavy atom. The second-order valence-corrected chi connectivity index (χ2v) is 13.2. The first kappa shape index (κ1) is 51.5. The molecule has 1 aliphatic heterocycles. The molecule has 1 aliphatic rings. The zero-order valence-electron chi connectivity index (χ0n) is 35.8. The van der Waals surface area contributed by atoms with Gasteiger partial charge in [0.1, 0.15) is 6.61 Å². The van der Waals surface area contributed by atoms with Crippen molar-refractivity contribution in [3.05, 3.63) is 40.9 Å². The number of hydroxylamine groups is 2. The fourth-order valence-corrected chi connectivity index (χ4v) is 5.42. The Balaban J connectivity index is 0.765. The van der Waals surface area contributed by atoms with E-state index in [1.807, 2.05) is 12.1 Å². The predicted octanol–water partition coefficient (Wildman–Crippen LogP) is 2.11. The smallest absolute Gasteiger partial charge is 0.336 e. The second-order valence-electron chi connectivity index (χ2n) is 13.2. The molecule has 0 bridgehead atoms. The van der Waals surface area contributed by atoms with Crippen molar-refractivity contribution in [1.82, 2.24) is 5.06 Å². The van der Waals surface area contributed by atoms with E-state index in [1.165, 1.54) is 6.07 Å². The van der Waals surface area contributed by atoms with Gasteiger partial charge in [0, 0.05) is 29.7 Å². The molecule has 1 saturated heterocycles. The molecule has 2 aromatic heterocycles. The van der Waals surface area contributed by atoms with Gasteiger partial charge in [-0.3, -0.25) is 9.59 Å². The van der Waals surface area contributed by atoms with Gasteiger partial charge in [-0.05, 0) is 18.2 Å². The lowest BCUT2D eigenvalue weighted by molar-refractivity contribution is -0.198. The number of nitrogens with zero attached hydrogens (tertiary/aromatic N) is 1. The molecule has 21 nitrogen and oxygen atoms in total. The minimum atomic E-state index is -0.705. The normalized spacial score (nSPS) is 13.0. The summed E-state index contributed by atoms with van der Waals surface area (Å²) in [6, 6.07) is 6.76. The third kappa shape index (κ3) is 22.4. The molecule has 3 heterocycles. The minimum Gasteiger partial charge on any atom is -0.484 e. The van der Waals surface area contributed by atoms with Crippen molar-refractivity contribution in [1.29, 1.82) is 0 Å². The van der Waals surface area contributed by atoms with Gasteiger partial charge in [0.2, 0.25) is 5.75 Å². The number of amides is 2. The summed E-state index contributed by atoms with van der Waals surface area (Å²) in [5, 5.41) is 2.11. The second kappa shape index (κ2) is 33.4. The molecule has 0 unspecified atom stereocenters. The van der Waals surface area contributed by atoms with Crippen LogP contribution in [0.25, 0.3) is 21.9 Å². The highest BCUT2D eigenvalue weighted by atomic mass is 16.7. The Hall–Kier alpha value is -4.10. The van der Waals surface area contributed by atoms with E-state index in [4.69, 9.17) is 75.3 Å². The van der Waals surface area contributed by atoms with Crippen molar-refractivity contribution in [3.63, 3.8) is 0 Å². The fraction of sp³-hybridized carbons (Fsp3) is 0.667. The van der Waals surface area contributed by atoms with E-state index in [0.717, 1.165) is 10.8 Å². The molecule has 1 fully saturated rings. The van der Waals surface area contributed by atoms with Crippen LogP contribution in [-0.2, 0) is 76.1 Å². The minimum absolute atomic E-state index is 0.0531. The van der Waals surface area contributed by atoms with Crippen LogP contribution in [0.4, 0.5) is 0 Å². The van der Waals surface area contributed by atoms with Crippen molar-refractivity contribution in [2.75, 3.05) is 165 Å². The van der Waals surface area contributed by atoms with Crippen molar-refractivity contribution in [3.8, 4) is 5.75 Å². The maximum Gasteiger partial charge on any atom is 0.336 e. The van der Waals surface area contributed by atoms with Crippen molar-refractivity contribution in [2.45, 2.75) is 19.3 Å². The number of rotatable bonds is 41. The van der Waals surface area contributed by atoms with Crippen LogP contribution in [0.5, 0.6) is 5.75 Å². The summed E-state index contributed by atoms with van der Waals surface area (Å²) in [5.74, 6) is -1.36. The SMILES string of the molecule is O=C(CCOCCOCCOCCOCCOCCOCCOCCOCCOCCOCCOCCOCCOc1c2occc2cc2ccc(=O)oc12)ON1C(=O)CCC1=O. The Morgan fingerprint density at radius 1 is 0.460 bits per heavy atom. The summed E-state index contributed by atoms with van der Waals surface area (Å²) < 4.78 is 82.4. The van der Waals surface area contributed by atoms with E-state index in [2.05, 4.69) is 0 Å². The number of hydrogen-bond acceptors (Lipinski definition) is 20. The number of furan rings is 1. The molecule has 2 amide bonds. The van der Waals surface area contributed by atoms with Gasteiger partial charge >= 0.3 is 11.6 Å². The molecule has 4 rings (SSSR count). The Bertz CT molecular complexity index is 1730. The number of hydrogen-bond donors (Lipinski definition) is 0. The molecular weight excluding hydrogens is 838 g/mol. The van der Waals surface area contributed by atoms with Crippen LogP contribution in [0, 0.1) is 0 Å². The molecule has 1 aromatic carbocycles. The Morgan fingerprint density at radius 3 is 1.24 bits per heavy atom. The van der Waals surface area contributed by atoms with E-state index < -0.39 is 23.4 Å². The fourth-order valence-electron chi connectivity index (χ4n) is 5.42. The van der Waals surface area contributed by atoms with Crippen molar-refractivity contribution in [2.24, 2.45) is 0 Å². The largest absolute Gasteiger partial charge is 0.484 e. The topological polar surface area (TPSA) is 227 Å². The van der Waals surface area contributed by atoms with Gasteiger partial charge in [-0.1, -0.05) is 0 Å². The molecule has 0 spiro atoms. The highest BCUT2D eigenvalue weighted by molar-refractivity contribution is 6.01. The summed E-state index contributed by atoms with van der Waals surface area (Å²) in [5.41, 5.74) is 0.395. The van der Waals surface area contributed by atoms with Gasteiger partial charge in [0.25, 0.3) is 11.8 Å². The molecule has 0 atom stereocenters. The van der Waals surface area contributed by atoms with Gasteiger partial charge in [-0.25, -0.2) is 9.59 Å². The quantitative estimate of drug-likeness (QED) is 0.0451. The maximum atomic E-state index is 11.7. The molecule has 0 saturated carbocycles. The van der Waals surface area contributed by atoms with Crippen LogP contribution in [0.3, 0.4) is 0 Å². The number of benzene rings is 1. The van der Waals surface area contributed by atoms with E-state index in [-0.39, 0.29) is 39.1 Å². The first-order valence-electron chi connectivity index (χ1n) is 21.1. The summed E-state index contributed by atoms with van der Waals surface area (Å²) in [4.78, 5) is 51.0. The van der Waals surface area contributed by atoms with Crippen LogP contribution in [0.1, 0.15) is 19.3 Å². The van der Waals surface area contributed by atoms with Gasteiger partial charge in [0.05, 0.1) is 171 Å². The molecular formula is C42H61NO20. The first-order valence-corrected chi connectivity index (χ1v) is 21.1. The van der Waals surface area contributed by atoms with E-state index >= 15 is 0 Å². The molecule has 354 valence electrons. The first-order chi connectivity index (χ1) is 31.0. The standard InChI is InChI=1S/C42H61NO20/c44-36-2-3-37(45)43(36)63-39(47)6-7-48-9-10-49-11-12-50-13-14-51-15-16-52-17-18-53-19-20-54-21-22-55-23-24-56-25-26-57-27-28-58-29-30-59-31-32-61-42-40-35(5-8-60-40)33-34-1-4-38(46)62-41(34)42/h1,4-5,8,33H,2-3,6-7,9-32H2. The zero-order chi connectivity index (χ0) is 44.4. The van der Waals surface area contributed by atoms with Gasteiger partial charge in [-0.15, -0.1) is 5.06 Å². The third-order valence-electron chi connectivity index (χ3n) is 8.50. The van der Waals surface area contributed by atoms with Gasteiger partial charge < -0.3 is 75.3 Å². The van der Waals surface area contributed by atoms with E-state index in [0.29, 0.717) is 167 Å². The highest BCUT2D eigenvalue weighted by Gasteiger charge is 2.32. The summed E-state index contributed by atoms with van der Waals surface area (Å²) in [6.45, 7) is 10.1. The molecule has 21 heteroatoms. The van der Waals surface area contributed by atoms with Crippen LogP contribution >= 0.6 is 0 Å². The average molecular weight is 900 g/mol. The van der Waals surface area contributed by atoms with Crippen LogP contribution < -0.4 is 10.4 Å². The monoisotopic (exact) mass is 899 g/mol. The lowest BCUT2D eigenvalue weighted by atomic mass is 10.1. The van der Waals surface area contributed by atoms with Crippen LogP contribution in [-0.4, -0.2) is 188 Å². The predicted molar refractivity (Wildman–Crippen MR) is 219 cm³/mol. The van der Waals surface area contributed by atoms with Crippen LogP contribution in [0.15, 0.2) is 44.2 Å². The highest BCUT2D eigenvalue weighted by Crippen LogP contribution is 2.34. The lowest BCUT2D eigenvalue weighted by Crippen LogP contribution is -2.32. The molecule has 0 radical (unpaired) electrons. The number of imide groups is 1. The Labute approximate surface area is 365 Å². The van der Waals surface area contributed by atoms with Crippen molar-refractivity contribution < 1.29 is 89.6 Å². The number of carbonyl (C=O) groups is 3. The maximum absolute atomic E-state index is 11.7. The Kier molecular flexibility index (Phi) is 27.3. The molecule has 63 heavy (non-hydrogen) atoms. The van der Waals surface area contributed by atoms with E-state index in [1.54, 1.807) is 12.3 Å². The lowest BCUT2D eigenvalue weighted by Gasteiger charge is -2.12. The summed E-state index contributed by atoms with van der Waals surface area (Å²) in [6.07, 6.45) is 1.59.